The number of halogens is 1. The standard InChI is InChI=1S/C27H25FN4O2S/c1-17-11-18(2)13-21(12-17)32-25(33)23-14-22(24-5-4-10-35-24)30-31(23)16-27(32,3)26(34)29-15-19-6-8-20(28)9-7-19/h4-14H,15-16H2,1-3H3,(H,29,34)/t27-/m0/s1. The van der Waals surface area contributed by atoms with E-state index in [2.05, 4.69) is 10.4 Å². The molecule has 2 aromatic carbocycles. The molecule has 178 valence electrons. The number of aryl methyl sites for hydroxylation is 2. The number of aromatic nitrogens is 2. The molecule has 8 heteroatoms. The van der Waals surface area contributed by atoms with E-state index in [9.17, 15) is 14.0 Å². The van der Waals surface area contributed by atoms with E-state index in [0.717, 1.165) is 21.6 Å². The summed E-state index contributed by atoms with van der Waals surface area (Å²) in [6, 6.07) is 17.5. The Morgan fingerprint density at radius 2 is 1.83 bits per heavy atom. The van der Waals surface area contributed by atoms with Gasteiger partial charge in [0, 0.05) is 12.2 Å². The lowest BCUT2D eigenvalue weighted by Crippen LogP contribution is -2.64. The Kier molecular flexibility index (Phi) is 5.76. The van der Waals surface area contributed by atoms with Crippen molar-refractivity contribution in [2.75, 3.05) is 4.90 Å². The minimum Gasteiger partial charge on any atom is -0.350 e. The number of nitrogens with zero attached hydrogens (tertiary/aromatic N) is 3. The lowest BCUT2D eigenvalue weighted by molar-refractivity contribution is -0.126. The van der Waals surface area contributed by atoms with Crippen LogP contribution in [-0.4, -0.2) is 27.1 Å². The lowest BCUT2D eigenvalue weighted by Gasteiger charge is -2.43. The number of hydrogen-bond donors (Lipinski definition) is 1. The zero-order valence-corrected chi connectivity index (χ0v) is 20.5. The summed E-state index contributed by atoms with van der Waals surface area (Å²) in [5.41, 5.74) is 3.35. The summed E-state index contributed by atoms with van der Waals surface area (Å²) >= 11 is 1.55. The predicted molar refractivity (Wildman–Crippen MR) is 135 cm³/mol. The van der Waals surface area contributed by atoms with Crippen molar-refractivity contribution in [2.24, 2.45) is 0 Å². The van der Waals surface area contributed by atoms with Gasteiger partial charge in [-0.3, -0.25) is 19.2 Å². The maximum Gasteiger partial charge on any atom is 0.277 e. The summed E-state index contributed by atoms with van der Waals surface area (Å²) in [7, 11) is 0. The summed E-state index contributed by atoms with van der Waals surface area (Å²) < 4.78 is 14.9. The SMILES string of the molecule is Cc1cc(C)cc(N2C(=O)c3cc(-c4cccs4)nn3C[C@@]2(C)C(=O)NCc2ccc(F)cc2)c1. The van der Waals surface area contributed by atoms with Gasteiger partial charge in [0.25, 0.3) is 5.91 Å². The van der Waals surface area contributed by atoms with E-state index in [1.54, 1.807) is 46.0 Å². The van der Waals surface area contributed by atoms with E-state index in [0.29, 0.717) is 17.1 Å². The second-order valence-electron chi connectivity index (χ2n) is 9.12. The average Bonchev–Trinajstić information content (AvgIpc) is 3.48. The molecule has 1 aliphatic heterocycles. The zero-order valence-electron chi connectivity index (χ0n) is 19.7. The monoisotopic (exact) mass is 488 g/mol. The highest BCUT2D eigenvalue weighted by molar-refractivity contribution is 7.13. The molecule has 6 nitrogen and oxygen atoms in total. The van der Waals surface area contributed by atoms with Crippen LogP contribution in [0.25, 0.3) is 10.6 Å². The minimum atomic E-state index is -1.23. The molecule has 0 unspecified atom stereocenters. The van der Waals surface area contributed by atoms with Gasteiger partial charge in [0.2, 0.25) is 5.91 Å². The number of anilines is 1. The van der Waals surface area contributed by atoms with Crippen molar-refractivity contribution in [3.05, 3.63) is 94.2 Å². The number of carbonyl (C=O) groups excluding carboxylic acids is 2. The van der Waals surface area contributed by atoms with Crippen LogP contribution in [-0.2, 0) is 17.9 Å². The van der Waals surface area contributed by atoms with Gasteiger partial charge in [-0.2, -0.15) is 5.10 Å². The van der Waals surface area contributed by atoms with Crippen LogP contribution in [0.15, 0.2) is 66.0 Å². The summed E-state index contributed by atoms with van der Waals surface area (Å²) in [6.45, 7) is 6.11. The van der Waals surface area contributed by atoms with Crippen LogP contribution in [0.5, 0.6) is 0 Å². The van der Waals surface area contributed by atoms with Gasteiger partial charge >= 0.3 is 0 Å². The molecule has 5 rings (SSSR count). The molecule has 0 aliphatic carbocycles. The van der Waals surface area contributed by atoms with Crippen molar-refractivity contribution in [2.45, 2.75) is 39.4 Å². The van der Waals surface area contributed by atoms with Gasteiger partial charge < -0.3 is 5.32 Å². The van der Waals surface area contributed by atoms with Gasteiger partial charge in [0.1, 0.15) is 22.7 Å². The van der Waals surface area contributed by atoms with E-state index in [-0.39, 0.29) is 30.7 Å². The smallest absolute Gasteiger partial charge is 0.277 e. The third-order valence-corrected chi connectivity index (χ3v) is 7.14. The molecular weight excluding hydrogens is 463 g/mol. The number of benzene rings is 2. The normalized spacial score (nSPS) is 17.4. The Hall–Kier alpha value is -3.78. The third-order valence-electron chi connectivity index (χ3n) is 6.25. The molecule has 1 aliphatic rings. The first-order chi connectivity index (χ1) is 16.7. The predicted octanol–water partition coefficient (Wildman–Crippen LogP) is 5.10. The molecule has 0 saturated heterocycles. The van der Waals surface area contributed by atoms with Crippen LogP contribution >= 0.6 is 11.3 Å². The van der Waals surface area contributed by atoms with Crippen molar-refractivity contribution in [1.82, 2.24) is 15.1 Å². The molecule has 1 atom stereocenters. The van der Waals surface area contributed by atoms with Crippen LogP contribution in [0.1, 0.15) is 34.1 Å². The van der Waals surface area contributed by atoms with E-state index in [1.165, 1.54) is 12.1 Å². The van der Waals surface area contributed by atoms with Crippen LogP contribution in [0.2, 0.25) is 0 Å². The highest BCUT2D eigenvalue weighted by atomic mass is 32.1. The number of fused-ring (bicyclic) bond motifs is 1. The number of carbonyl (C=O) groups is 2. The molecule has 0 bridgehead atoms. The molecule has 0 saturated carbocycles. The Morgan fingerprint density at radius 3 is 2.49 bits per heavy atom. The van der Waals surface area contributed by atoms with Crippen LogP contribution in [0.3, 0.4) is 0 Å². The van der Waals surface area contributed by atoms with Crippen LogP contribution in [0, 0.1) is 19.7 Å². The maximum atomic E-state index is 13.9. The molecule has 2 amide bonds. The van der Waals surface area contributed by atoms with Crippen LogP contribution in [0.4, 0.5) is 10.1 Å². The number of nitrogens with one attached hydrogen (secondary N) is 1. The quantitative estimate of drug-likeness (QED) is 0.425. The fourth-order valence-corrected chi connectivity index (χ4v) is 5.27. The second kappa shape index (κ2) is 8.78. The Bertz CT molecular complexity index is 1390. The van der Waals surface area contributed by atoms with E-state index >= 15 is 0 Å². The summed E-state index contributed by atoms with van der Waals surface area (Å²) in [6.07, 6.45) is 0. The Morgan fingerprint density at radius 1 is 1.11 bits per heavy atom. The molecule has 4 aromatic rings. The van der Waals surface area contributed by atoms with Gasteiger partial charge in [-0.1, -0.05) is 24.3 Å². The Balaban J connectivity index is 1.55. The van der Waals surface area contributed by atoms with Gasteiger partial charge in [-0.25, -0.2) is 4.39 Å². The number of thiophene rings is 1. The minimum absolute atomic E-state index is 0.196. The van der Waals surface area contributed by atoms with Crippen molar-refractivity contribution in [3.63, 3.8) is 0 Å². The largest absolute Gasteiger partial charge is 0.350 e. The second-order valence-corrected chi connectivity index (χ2v) is 10.1. The van der Waals surface area contributed by atoms with Gasteiger partial charge in [0.15, 0.2) is 0 Å². The maximum absolute atomic E-state index is 13.9. The molecule has 3 heterocycles. The number of hydrogen-bond acceptors (Lipinski definition) is 4. The highest BCUT2D eigenvalue weighted by Gasteiger charge is 2.49. The molecule has 1 N–H and O–H groups in total. The summed E-state index contributed by atoms with van der Waals surface area (Å²) in [5, 5.41) is 9.58. The molecule has 0 spiro atoms. The van der Waals surface area contributed by atoms with E-state index < -0.39 is 5.54 Å². The number of amides is 2. The Labute approximate surface area is 207 Å². The fourth-order valence-electron chi connectivity index (χ4n) is 4.59. The fraction of sp³-hybridized carbons (Fsp3) is 0.222. The number of rotatable bonds is 5. The van der Waals surface area contributed by atoms with Crippen molar-refractivity contribution in [3.8, 4) is 10.6 Å². The van der Waals surface area contributed by atoms with E-state index in [1.807, 2.05) is 49.6 Å². The topological polar surface area (TPSA) is 67.2 Å². The van der Waals surface area contributed by atoms with Gasteiger partial charge in [-0.05, 0) is 79.2 Å². The van der Waals surface area contributed by atoms with Gasteiger partial charge in [-0.15, -0.1) is 11.3 Å². The lowest BCUT2D eigenvalue weighted by atomic mass is 9.93. The molecule has 35 heavy (non-hydrogen) atoms. The summed E-state index contributed by atoms with van der Waals surface area (Å²) in [5.74, 6) is -0.928. The molecule has 0 fully saturated rings. The van der Waals surface area contributed by atoms with Crippen LogP contribution < -0.4 is 10.2 Å². The summed E-state index contributed by atoms with van der Waals surface area (Å²) in [4.78, 5) is 30.1. The van der Waals surface area contributed by atoms with Gasteiger partial charge in [0.05, 0.1) is 11.4 Å². The van der Waals surface area contributed by atoms with E-state index in [4.69, 9.17) is 0 Å². The zero-order chi connectivity index (χ0) is 24.7. The van der Waals surface area contributed by atoms with Crippen molar-refractivity contribution >= 4 is 28.8 Å². The van der Waals surface area contributed by atoms with Crippen molar-refractivity contribution in [1.29, 1.82) is 0 Å². The first-order valence-electron chi connectivity index (χ1n) is 11.3. The first-order valence-corrected chi connectivity index (χ1v) is 12.2. The molecule has 0 radical (unpaired) electrons. The third kappa shape index (κ3) is 4.25. The first kappa shape index (κ1) is 23.0. The van der Waals surface area contributed by atoms with Crippen molar-refractivity contribution < 1.29 is 14.0 Å². The molecule has 2 aromatic heterocycles. The molecular formula is C27H25FN4O2S. The average molecular weight is 489 g/mol. The highest BCUT2D eigenvalue weighted by Crippen LogP contribution is 2.35.